The van der Waals surface area contributed by atoms with Crippen LogP contribution >= 0.6 is 11.8 Å². The zero-order valence-electron chi connectivity index (χ0n) is 20.2. The lowest BCUT2D eigenvalue weighted by Gasteiger charge is -2.12. The Hall–Kier alpha value is -4.37. The molecule has 3 aromatic carbocycles. The summed E-state index contributed by atoms with van der Waals surface area (Å²) in [5, 5.41) is 2.19. The van der Waals surface area contributed by atoms with E-state index in [0.29, 0.717) is 28.3 Å². The summed E-state index contributed by atoms with van der Waals surface area (Å²) < 4.78 is 10.5. The van der Waals surface area contributed by atoms with Crippen molar-refractivity contribution in [3.05, 3.63) is 94.4 Å². The Morgan fingerprint density at radius 2 is 1.57 bits per heavy atom. The molecule has 1 saturated heterocycles. The molecule has 0 aliphatic carbocycles. The zero-order chi connectivity index (χ0) is 26.4. The zero-order valence-corrected chi connectivity index (χ0v) is 21.0. The number of aryl methyl sites for hydroxylation is 1. The molecule has 1 N–H and O–H groups in total. The van der Waals surface area contributed by atoms with Gasteiger partial charge in [-0.25, -0.2) is 4.79 Å². The summed E-state index contributed by atoms with van der Waals surface area (Å²) in [6.07, 6.45) is 2.44. The van der Waals surface area contributed by atoms with Crippen LogP contribution in [0.4, 0.5) is 10.5 Å². The summed E-state index contributed by atoms with van der Waals surface area (Å²) in [5.41, 5.74) is 2.74. The van der Waals surface area contributed by atoms with Gasteiger partial charge in [0.2, 0.25) is 5.91 Å². The monoisotopic (exact) mass is 516 g/mol. The number of nitrogens with one attached hydrogen (secondary N) is 1. The van der Waals surface area contributed by atoms with Crippen molar-refractivity contribution in [3.63, 3.8) is 0 Å². The smallest absolute Gasteiger partial charge is 0.343 e. The molecule has 1 aliphatic heterocycles. The van der Waals surface area contributed by atoms with Gasteiger partial charge in [-0.2, -0.15) is 0 Å². The summed E-state index contributed by atoms with van der Waals surface area (Å²) >= 11 is 0.768. The molecule has 0 atom stereocenters. The van der Waals surface area contributed by atoms with Crippen LogP contribution in [0.1, 0.15) is 28.4 Å². The van der Waals surface area contributed by atoms with Crippen LogP contribution < -0.4 is 14.8 Å². The van der Waals surface area contributed by atoms with E-state index < -0.39 is 23.0 Å². The second-order valence-electron chi connectivity index (χ2n) is 8.05. The molecule has 188 valence electrons. The largest absolute Gasteiger partial charge is 0.497 e. The highest BCUT2D eigenvalue weighted by molar-refractivity contribution is 8.18. The lowest BCUT2D eigenvalue weighted by Crippen LogP contribution is -2.36. The predicted octanol–water partition coefficient (Wildman–Crippen LogP) is 5.15. The Morgan fingerprint density at radius 3 is 2.19 bits per heavy atom. The number of carbonyl (C=O) groups is 4. The van der Waals surface area contributed by atoms with Crippen LogP contribution in [0.15, 0.2) is 77.7 Å². The third kappa shape index (κ3) is 6.45. The van der Waals surface area contributed by atoms with Crippen LogP contribution in [0.25, 0.3) is 6.08 Å². The van der Waals surface area contributed by atoms with Gasteiger partial charge in [0.25, 0.3) is 11.1 Å². The Labute approximate surface area is 218 Å². The number of imide groups is 1. The minimum atomic E-state index is -0.540. The van der Waals surface area contributed by atoms with Crippen molar-refractivity contribution >= 4 is 46.5 Å². The summed E-state index contributed by atoms with van der Waals surface area (Å²) in [5.74, 6) is -0.559. The first-order valence-electron chi connectivity index (χ1n) is 11.5. The van der Waals surface area contributed by atoms with E-state index in [9.17, 15) is 19.2 Å². The molecule has 37 heavy (non-hydrogen) atoms. The first-order chi connectivity index (χ1) is 17.9. The summed E-state index contributed by atoms with van der Waals surface area (Å²) in [7, 11) is 1.54. The van der Waals surface area contributed by atoms with Crippen LogP contribution in [-0.4, -0.2) is 41.6 Å². The Morgan fingerprint density at radius 1 is 0.919 bits per heavy atom. The van der Waals surface area contributed by atoms with Gasteiger partial charge in [-0.05, 0) is 83.9 Å². The number of benzene rings is 3. The van der Waals surface area contributed by atoms with E-state index in [0.717, 1.165) is 28.6 Å². The number of hydrogen-bond donors (Lipinski definition) is 1. The van der Waals surface area contributed by atoms with Gasteiger partial charge in [-0.15, -0.1) is 0 Å². The van der Waals surface area contributed by atoms with Crippen molar-refractivity contribution in [2.45, 2.75) is 13.3 Å². The van der Waals surface area contributed by atoms with Gasteiger partial charge in [0.1, 0.15) is 18.0 Å². The molecule has 1 fully saturated rings. The van der Waals surface area contributed by atoms with Crippen LogP contribution in [-0.2, 0) is 16.0 Å². The number of esters is 1. The van der Waals surface area contributed by atoms with Crippen molar-refractivity contribution in [1.29, 1.82) is 0 Å². The quantitative estimate of drug-likeness (QED) is 0.251. The second kappa shape index (κ2) is 11.6. The Kier molecular flexibility index (Phi) is 8.05. The van der Waals surface area contributed by atoms with E-state index in [1.807, 2.05) is 19.1 Å². The molecular weight excluding hydrogens is 492 g/mol. The fourth-order valence-electron chi connectivity index (χ4n) is 3.48. The summed E-state index contributed by atoms with van der Waals surface area (Å²) in [4.78, 5) is 51.0. The van der Waals surface area contributed by atoms with Gasteiger partial charge in [0.15, 0.2) is 0 Å². The molecule has 4 rings (SSSR count). The van der Waals surface area contributed by atoms with Gasteiger partial charge < -0.3 is 14.8 Å². The number of nitrogens with zero attached hydrogens (tertiary/aromatic N) is 1. The van der Waals surface area contributed by atoms with Gasteiger partial charge >= 0.3 is 5.97 Å². The maximum Gasteiger partial charge on any atom is 0.343 e. The molecule has 0 unspecified atom stereocenters. The highest BCUT2D eigenvalue weighted by Crippen LogP contribution is 2.32. The Bertz CT molecular complexity index is 1350. The third-order valence-electron chi connectivity index (χ3n) is 5.54. The second-order valence-corrected chi connectivity index (χ2v) is 9.05. The highest BCUT2D eigenvalue weighted by atomic mass is 32.2. The fourth-order valence-corrected chi connectivity index (χ4v) is 4.32. The first-order valence-corrected chi connectivity index (χ1v) is 12.3. The van der Waals surface area contributed by atoms with Crippen molar-refractivity contribution < 1.29 is 28.7 Å². The van der Waals surface area contributed by atoms with E-state index in [4.69, 9.17) is 9.47 Å². The number of carbonyl (C=O) groups excluding carboxylic acids is 4. The van der Waals surface area contributed by atoms with Crippen LogP contribution in [0.5, 0.6) is 11.5 Å². The SMILES string of the molecule is CCc1ccc(NC(=O)CN2C(=O)S/C(=C/c3ccc(OC(=O)c4ccc(OC)cc4)cc3)C2=O)cc1. The predicted molar refractivity (Wildman–Crippen MR) is 142 cm³/mol. The maximum atomic E-state index is 12.8. The van der Waals surface area contributed by atoms with E-state index in [1.165, 1.54) is 0 Å². The minimum absolute atomic E-state index is 0.202. The maximum absolute atomic E-state index is 12.8. The number of amides is 3. The third-order valence-corrected chi connectivity index (χ3v) is 6.44. The topological polar surface area (TPSA) is 102 Å². The number of anilines is 1. The van der Waals surface area contributed by atoms with Gasteiger partial charge in [-0.3, -0.25) is 19.3 Å². The van der Waals surface area contributed by atoms with Crippen molar-refractivity contribution in [3.8, 4) is 11.5 Å². The molecule has 0 radical (unpaired) electrons. The average Bonchev–Trinajstić information content (AvgIpc) is 3.17. The molecule has 1 aliphatic rings. The van der Waals surface area contributed by atoms with E-state index >= 15 is 0 Å². The van der Waals surface area contributed by atoms with Gasteiger partial charge in [0, 0.05) is 5.69 Å². The molecular formula is C28H24N2O6S. The number of thioether (sulfide) groups is 1. The van der Waals surface area contributed by atoms with Crippen molar-refractivity contribution in [2.24, 2.45) is 0 Å². The lowest BCUT2D eigenvalue weighted by atomic mass is 10.1. The number of ether oxygens (including phenoxy) is 2. The lowest BCUT2D eigenvalue weighted by molar-refractivity contribution is -0.127. The number of rotatable bonds is 8. The normalized spacial score (nSPS) is 14.1. The standard InChI is InChI=1S/C28H24N2O6S/c1-3-18-4-10-21(11-5-18)29-25(31)17-30-26(32)24(37-28(30)34)16-19-6-12-23(13-7-19)36-27(33)20-8-14-22(35-2)15-9-20/h4-16H,3,17H2,1-2H3,(H,29,31)/b24-16+. The first kappa shape index (κ1) is 25.7. The average molecular weight is 517 g/mol. The van der Waals surface area contributed by atoms with E-state index in [2.05, 4.69) is 5.32 Å². The molecule has 0 bridgehead atoms. The van der Waals surface area contributed by atoms with Crippen molar-refractivity contribution in [1.82, 2.24) is 4.90 Å². The van der Waals surface area contributed by atoms with Crippen LogP contribution in [0.3, 0.4) is 0 Å². The number of hydrogen-bond acceptors (Lipinski definition) is 7. The molecule has 3 aromatic rings. The Balaban J connectivity index is 1.36. The molecule has 0 spiro atoms. The highest BCUT2D eigenvalue weighted by Gasteiger charge is 2.36. The molecule has 3 amide bonds. The molecule has 8 nitrogen and oxygen atoms in total. The van der Waals surface area contributed by atoms with Crippen LogP contribution in [0, 0.1) is 0 Å². The summed E-state index contributed by atoms with van der Waals surface area (Å²) in [6.45, 7) is 1.66. The molecule has 1 heterocycles. The van der Waals surface area contributed by atoms with Crippen LogP contribution in [0.2, 0.25) is 0 Å². The van der Waals surface area contributed by atoms with E-state index in [1.54, 1.807) is 73.8 Å². The van der Waals surface area contributed by atoms with Gasteiger partial charge in [0.05, 0.1) is 17.6 Å². The fraction of sp³-hybridized carbons (Fsp3) is 0.143. The summed E-state index contributed by atoms with van der Waals surface area (Å²) in [6, 6.07) is 20.4. The molecule has 9 heteroatoms. The minimum Gasteiger partial charge on any atom is -0.497 e. The molecule has 0 aromatic heterocycles. The molecule has 0 saturated carbocycles. The number of methoxy groups -OCH3 is 1. The van der Waals surface area contributed by atoms with Crippen molar-refractivity contribution in [2.75, 3.05) is 19.0 Å². The van der Waals surface area contributed by atoms with Gasteiger partial charge in [-0.1, -0.05) is 31.2 Å². The van der Waals surface area contributed by atoms with E-state index in [-0.39, 0.29) is 11.4 Å².